The molecule has 0 atom stereocenters. The summed E-state index contributed by atoms with van der Waals surface area (Å²) in [5.74, 6) is 0.348. The van der Waals surface area contributed by atoms with Crippen molar-refractivity contribution in [2.75, 3.05) is 5.32 Å². The van der Waals surface area contributed by atoms with Gasteiger partial charge in [-0.2, -0.15) is 0 Å². The second-order valence-corrected chi connectivity index (χ2v) is 5.76. The minimum absolute atomic E-state index is 0.213. The third-order valence-electron chi connectivity index (χ3n) is 3.87. The Balaban J connectivity index is 1.62. The van der Waals surface area contributed by atoms with E-state index in [-0.39, 0.29) is 5.91 Å². The highest BCUT2D eigenvalue weighted by atomic mass is 16.3. The zero-order chi connectivity index (χ0) is 17.2. The van der Waals surface area contributed by atoms with Gasteiger partial charge in [0.2, 0.25) is 5.89 Å². The zero-order valence-electron chi connectivity index (χ0n) is 13.6. The number of rotatable bonds is 3. The van der Waals surface area contributed by atoms with E-state index in [4.69, 9.17) is 4.42 Å². The molecule has 0 spiro atoms. The van der Waals surface area contributed by atoms with E-state index in [1.807, 2.05) is 31.2 Å². The van der Waals surface area contributed by atoms with Gasteiger partial charge < -0.3 is 9.73 Å². The Hall–Kier alpha value is -3.47. The maximum atomic E-state index is 12.2. The van der Waals surface area contributed by atoms with E-state index in [2.05, 4.69) is 15.3 Å². The van der Waals surface area contributed by atoms with Crippen LogP contribution < -0.4 is 5.32 Å². The van der Waals surface area contributed by atoms with E-state index in [1.165, 1.54) is 11.8 Å². The summed E-state index contributed by atoms with van der Waals surface area (Å²) < 4.78 is 5.80. The number of hydrogen-bond acceptors (Lipinski definition) is 4. The van der Waals surface area contributed by atoms with Gasteiger partial charge in [0.05, 0.1) is 5.56 Å². The number of carbonyl (C=O) groups excluding carboxylic acids is 1. The molecule has 0 aliphatic carbocycles. The molecule has 0 unspecified atom stereocenters. The summed E-state index contributed by atoms with van der Waals surface area (Å²) >= 11 is 0. The Bertz CT molecular complexity index is 1040. The minimum Gasteiger partial charge on any atom is -0.436 e. The fraction of sp³-hybridized carbons (Fsp3) is 0.0500. The molecule has 0 saturated carbocycles. The van der Waals surface area contributed by atoms with Crippen LogP contribution in [-0.4, -0.2) is 15.9 Å². The summed E-state index contributed by atoms with van der Waals surface area (Å²) in [7, 11) is 0. The van der Waals surface area contributed by atoms with Crippen LogP contribution in [0.25, 0.3) is 22.6 Å². The van der Waals surface area contributed by atoms with E-state index < -0.39 is 0 Å². The van der Waals surface area contributed by atoms with Crippen molar-refractivity contribution in [3.05, 3.63) is 78.1 Å². The highest BCUT2D eigenvalue weighted by molar-refractivity contribution is 6.04. The fourth-order valence-corrected chi connectivity index (χ4v) is 2.53. The van der Waals surface area contributed by atoms with E-state index in [1.54, 1.807) is 36.5 Å². The smallest absolute Gasteiger partial charge is 0.257 e. The Morgan fingerprint density at radius 2 is 1.92 bits per heavy atom. The topological polar surface area (TPSA) is 68.0 Å². The molecule has 0 radical (unpaired) electrons. The van der Waals surface area contributed by atoms with Gasteiger partial charge in [-0.25, -0.2) is 4.98 Å². The predicted octanol–water partition coefficient (Wildman–Crippen LogP) is 4.45. The van der Waals surface area contributed by atoms with Crippen LogP contribution in [0.2, 0.25) is 0 Å². The van der Waals surface area contributed by atoms with Crippen LogP contribution in [0.5, 0.6) is 0 Å². The molecule has 5 heteroatoms. The predicted molar refractivity (Wildman–Crippen MR) is 96.4 cm³/mol. The van der Waals surface area contributed by atoms with Gasteiger partial charge in [-0.05, 0) is 49.4 Å². The number of hydrogen-bond donors (Lipinski definition) is 1. The number of amides is 1. The van der Waals surface area contributed by atoms with Gasteiger partial charge in [-0.3, -0.25) is 9.78 Å². The Labute approximate surface area is 144 Å². The maximum Gasteiger partial charge on any atom is 0.257 e. The highest BCUT2D eigenvalue weighted by Gasteiger charge is 2.11. The number of pyridine rings is 1. The van der Waals surface area contributed by atoms with Crippen molar-refractivity contribution in [1.29, 1.82) is 0 Å². The molecule has 25 heavy (non-hydrogen) atoms. The molecule has 0 saturated heterocycles. The normalized spacial score (nSPS) is 10.8. The Morgan fingerprint density at radius 3 is 2.68 bits per heavy atom. The SMILES string of the molecule is Cc1ccc(-c2nc3cc(NC(=O)c4cccnc4)ccc3o2)cc1. The summed E-state index contributed by atoms with van der Waals surface area (Å²) in [5.41, 5.74) is 4.63. The van der Waals surface area contributed by atoms with Gasteiger partial charge in [-0.1, -0.05) is 17.7 Å². The second kappa shape index (κ2) is 6.20. The minimum atomic E-state index is -0.213. The molecule has 2 aromatic carbocycles. The van der Waals surface area contributed by atoms with Gasteiger partial charge >= 0.3 is 0 Å². The van der Waals surface area contributed by atoms with E-state index in [0.29, 0.717) is 28.2 Å². The molecular weight excluding hydrogens is 314 g/mol. The van der Waals surface area contributed by atoms with Crippen molar-refractivity contribution in [3.8, 4) is 11.5 Å². The summed E-state index contributed by atoms with van der Waals surface area (Å²) in [5, 5.41) is 2.85. The van der Waals surface area contributed by atoms with Crippen LogP contribution in [0, 0.1) is 6.92 Å². The third-order valence-corrected chi connectivity index (χ3v) is 3.87. The molecule has 1 N–H and O–H groups in total. The molecule has 0 bridgehead atoms. The zero-order valence-corrected chi connectivity index (χ0v) is 13.6. The van der Waals surface area contributed by atoms with Gasteiger partial charge in [-0.15, -0.1) is 0 Å². The number of nitrogens with zero attached hydrogens (tertiary/aromatic N) is 2. The quantitative estimate of drug-likeness (QED) is 0.603. The molecule has 2 aromatic heterocycles. The molecule has 0 aliphatic rings. The van der Waals surface area contributed by atoms with Gasteiger partial charge in [0.1, 0.15) is 5.52 Å². The molecule has 4 rings (SSSR count). The number of fused-ring (bicyclic) bond motifs is 1. The van der Waals surface area contributed by atoms with Gasteiger partial charge in [0, 0.05) is 23.6 Å². The maximum absolute atomic E-state index is 12.2. The monoisotopic (exact) mass is 329 g/mol. The summed E-state index contributed by atoms with van der Waals surface area (Å²) in [6, 6.07) is 16.8. The van der Waals surface area contributed by atoms with Crippen LogP contribution in [0.15, 0.2) is 71.4 Å². The Kier molecular flexibility index (Phi) is 3.74. The van der Waals surface area contributed by atoms with Crippen molar-refractivity contribution >= 4 is 22.7 Å². The molecule has 0 aliphatic heterocycles. The summed E-state index contributed by atoms with van der Waals surface area (Å²) in [6.45, 7) is 2.03. The van der Waals surface area contributed by atoms with E-state index >= 15 is 0 Å². The molecule has 122 valence electrons. The molecule has 4 aromatic rings. The number of aromatic nitrogens is 2. The summed E-state index contributed by atoms with van der Waals surface area (Å²) in [6.07, 6.45) is 3.16. The number of aryl methyl sites for hydroxylation is 1. The lowest BCUT2D eigenvalue weighted by atomic mass is 10.1. The fourth-order valence-electron chi connectivity index (χ4n) is 2.53. The van der Waals surface area contributed by atoms with Crippen LogP contribution in [0.4, 0.5) is 5.69 Å². The lowest BCUT2D eigenvalue weighted by Gasteiger charge is -2.04. The highest BCUT2D eigenvalue weighted by Crippen LogP contribution is 2.26. The second-order valence-electron chi connectivity index (χ2n) is 5.76. The average molecular weight is 329 g/mol. The van der Waals surface area contributed by atoms with E-state index in [9.17, 15) is 4.79 Å². The summed E-state index contributed by atoms with van der Waals surface area (Å²) in [4.78, 5) is 20.7. The lowest BCUT2D eigenvalue weighted by Crippen LogP contribution is -2.11. The van der Waals surface area contributed by atoms with Gasteiger partial charge in [0.25, 0.3) is 5.91 Å². The van der Waals surface area contributed by atoms with Crippen molar-refractivity contribution in [2.45, 2.75) is 6.92 Å². The van der Waals surface area contributed by atoms with Crippen molar-refractivity contribution in [1.82, 2.24) is 9.97 Å². The Morgan fingerprint density at radius 1 is 1.08 bits per heavy atom. The molecular formula is C20H15N3O2. The van der Waals surface area contributed by atoms with Crippen molar-refractivity contribution < 1.29 is 9.21 Å². The number of benzene rings is 2. The van der Waals surface area contributed by atoms with Crippen LogP contribution >= 0.6 is 0 Å². The van der Waals surface area contributed by atoms with Crippen LogP contribution in [0.1, 0.15) is 15.9 Å². The number of nitrogens with one attached hydrogen (secondary N) is 1. The number of anilines is 1. The first kappa shape index (κ1) is 15.1. The lowest BCUT2D eigenvalue weighted by molar-refractivity contribution is 0.102. The van der Waals surface area contributed by atoms with Gasteiger partial charge in [0.15, 0.2) is 5.58 Å². The molecule has 1 amide bonds. The third kappa shape index (κ3) is 3.12. The first-order valence-electron chi connectivity index (χ1n) is 7.88. The molecule has 5 nitrogen and oxygen atoms in total. The van der Waals surface area contributed by atoms with Crippen LogP contribution in [0.3, 0.4) is 0 Å². The van der Waals surface area contributed by atoms with E-state index in [0.717, 1.165) is 5.56 Å². The first-order chi connectivity index (χ1) is 12.2. The van der Waals surface area contributed by atoms with Crippen molar-refractivity contribution in [3.63, 3.8) is 0 Å². The largest absolute Gasteiger partial charge is 0.436 e. The first-order valence-corrected chi connectivity index (χ1v) is 7.88. The van der Waals surface area contributed by atoms with Crippen LogP contribution in [-0.2, 0) is 0 Å². The average Bonchev–Trinajstić information content (AvgIpc) is 3.06. The standard InChI is InChI=1S/C20H15N3O2/c1-13-4-6-14(7-5-13)20-23-17-11-16(8-9-18(17)25-20)22-19(24)15-3-2-10-21-12-15/h2-12H,1H3,(H,22,24). The number of oxazole rings is 1. The molecule has 0 fully saturated rings. The number of carbonyl (C=O) groups is 1. The molecule has 2 heterocycles. The van der Waals surface area contributed by atoms with Crippen molar-refractivity contribution in [2.24, 2.45) is 0 Å².